The first kappa shape index (κ1) is 10.3. The third-order valence-electron chi connectivity index (χ3n) is 2.13. The van der Waals surface area contributed by atoms with Crippen molar-refractivity contribution in [2.24, 2.45) is 0 Å². The second kappa shape index (κ2) is 6.67. The zero-order valence-electron chi connectivity index (χ0n) is 8.00. The van der Waals surface area contributed by atoms with E-state index >= 15 is 0 Å². The summed E-state index contributed by atoms with van der Waals surface area (Å²) in [5, 5.41) is 8.58. The summed E-state index contributed by atoms with van der Waals surface area (Å²) in [5.41, 5.74) is 1.30. The highest BCUT2D eigenvalue weighted by Gasteiger charge is 1.92. The summed E-state index contributed by atoms with van der Waals surface area (Å²) in [6.07, 6.45) is 5.62. The molecule has 0 amide bonds. The molecule has 1 aromatic rings. The maximum absolute atomic E-state index is 8.58. The van der Waals surface area contributed by atoms with Crippen molar-refractivity contribution in [1.82, 2.24) is 0 Å². The first-order chi connectivity index (χ1) is 6.43. The van der Waals surface area contributed by atoms with Crippen LogP contribution in [-0.4, -0.2) is 11.7 Å². The van der Waals surface area contributed by atoms with Gasteiger partial charge in [-0.3, -0.25) is 0 Å². The minimum atomic E-state index is 0.331. The van der Waals surface area contributed by atoms with E-state index in [2.05, 4.69) is 18.2 Å². The van der Waals surface area contributed by atoms with Gasteiger partial charge in [0.1, 0.15) is 0 Å². The van der Waals surface area contributed by atoms with E-state index in [9.17, 15) is 0 Å². The highest BCUT2D eigenvalue weighted by Crippen LogP contribution is 2.06. The minimum absolute atomic E-state index is 0.331. The van der Waals surface area contributed by atoms with Crippen molar-refractivity contribution in [3.8, 4) is 0 Å². The number of aliphatic hydroxyl groups excluding tert-OH is 1. The van der Waals surface area contributed by atoms with Gasteiger partial charge in [-0.05, 0) is 30.9 Å². The third kappa shape index (κ3) is 4.69. The molecule has 0 fully saturated rings. The number of aryl methyl sites for hydroxylation is 1. The molecule has 0 unspecified atom stereocenters. The summed E-state index contributed by atoms with van der Waals surface area (Å²) in [7, 11) is 0. The third-order valence-corrected chi connectivity index (χ3v) is 2.13. The zero-order chi connectivity index (χ0) is 9.36. The average Bonchev–Trinajstić information content (AvgIpc) is 2.19. The molecule has 1 heteroatoms. The van der Waals surface area contributed by atoms with Crippen LogP contribution in [0.15, 0.2) is 24.3 Å². The number of aliphatic hydroxyl groups is 1. The van der Waals surface area contributed by atoms with Gasteiger partial charge < -0.3 is 5.11 Å². The molecule has 1 radical (unpaired) electrons. The van der Waals surface area contributed by atoms with Crippen molar-refractivity contribution in [3.05, 3.63) is 35.9 Å². The van der Waals surface area contributed by atoms with E-state index in [-0.39, 0.29) is 0 Å². The van der Waals surface area contributed by atoms with Gasteiger partial charge in [-0.1, -0.05) is 37.1 Å². The monoisotopic (exact) mass is 177 g/mol. The molecule has 0 bridgehead atoms. The Balaban J connectivity index is 2.07. The summed E-state index contributed by atoms with van der Waals surface area (Å²) < 4.78 is 0. The molecule has 0 aliphatic carbocycles. The van der Waals surface area contributed by atoms with Gasteiger partial charge >= 0.3 is 0 Å². The fourth-order valence-electron chi connectivity index (χ4n) is 1.37. The van der Waals surface area contributed by atoms with E-state index in [0.717, 1.165) is 19.3 Å². The Morgan fingerprint density at radius 2 is 1.92 bits per heavy atom. The summed E-state index contributed by atoms with van der Waals surface area (Å²) in [5.74, 6) is 0. The first-order valence-corrected chi connectivity index (χ1v) is 5.00. The van der Waals surface area contributed by atoms with Crippen LogP contribution in [0.1, 0.15) is 31.2 Å². The average molecular weight is 177 g/mol. The molecular formula is C12H17O. The predicted octanol–water partition coefficient (Wildman–Crippen LogP) is 2.58. The number of benzene rings is 1. The summed E-state index contributed by atoms with van der Waals surface area (Å²) in [4.78, 5) is 0. The van der Waals surface area contributed by atoms with Crippen molar-refractivity contribution in [2.45, 2.75) is 32.1 Å². The molecule has 0 spiro atoms. The van der Waals surface area contributed by atoms with E-state index in [4.69, 9.17) is 5.11 Å². The van der Waals surface area contributed by atoms with Crippen molar-refractivity contribution in [2.75, 3.05) is 6.61 Å². The molecular weight excluding hydrogens is 160 g/mol. The molecule has 0 aliphatic heterocycles. The van der Waals surface area contributed by atoms with Crippen LogP contribution >= 0.6 is 0 Å². The van der Waals surface area contributed by atoms with Crippen LogP contribution < -0.4 is 0 Å². The number of hydrogen-bond donors (Lipinski definition) is 1. The van der Waals surface area contributed by atoms with Crippen LogP contribution in [0.4, 0.5) is 0 Å². The standard InChI is InChI=1S/C12H17O/c13-11-7-2-1-4-8-12-9-5-3-6-10-12/h3,5-6,9,13H,1-2,4,7-8,11H2. The Morgan fingerprint density at radius 3 is 2.62 bits per heavy atom. The molecule has 0 aromatic heterocycles. The fraction of sp³-hybridized carbons (Fsp3) is 0.500. The number of hydrogen-bond acceptors (Lipinski definition) is 1. The summed E-state index contributed by atoms with van der Waals surface area (Å²) >= 11 is 0. The molecule has 71 valence electrons. The second-order valence-corrected chi connectivity index (χ2v) is 3.28. The lowest BCUT2D eigenvalue weighted by molar-refractivity contribution is 0.282. The lowest BCUT2D eigenvalue weighted by Gasteiger charge is -1.99. The Kier molecular flexibility index (Phi) is 5.27. The molecule has 0 heterocycles. The van der Waals surface area contributed by atoms with Crippen LogP contribution in [0.5, 0.6) is 0 Å². The molecule has 1 aromatic carbocycles. The molecule has 1 N–H and O–H groups in total. The Hall–Kier alpha value is -0.820. The van der Waals surface area contributed by atoms with Gasteiger partial charge in [0.05, 0.1) is 0 Å². The summed E-state index contributed by atoms with van der Waals surface area (Å²) in [6.45, 7) is 0.331. The molecule has 1 rings (SSSR count). The minimum Gasteiger partial charge on any atom is -0.396 e. The van der Waals surface area contributed by atoms with Gasteiger partial charge in [0.15, 0.2) is 0 Å². The maximum Gasteiger partial charge on any atom is 0.0431 e. The lowest BCUT2D eigenvalue weighted by Crippen LogP contribution is -1.87. The maximum atomic E-state index is 8.58. The smallest absolute Gasteiger partial charge is 0.0431 e. The molecule has 13 heavy (non-hydrogen) atoms. The van der Waals surface area contributed by atoms with Gasteiger partial charge in [-0.25, -0.2) is 0 Å². The Morgan fingerprint density at radius 1 is 1.08 bits per heavy atom. The van der Waals surface area contributed by atoms with Crippen LogP contribution in [0.25, 0.3) is 0 Å². The quantitative estimate of drug-likeness (QED) is 0.662. The number of unbranched alkanes of at least 4 members (excludes halogenated alkanes) is 3. The van der Waals surface area contributed by atoms with Crippen LogP contribution in [-0.2, 0) is 6.42 Å². The van der Waals surface area contributed by atoms with Crippen LogP contribution in [0.3, 0.4) is 0 Å². The first-order valence-electron chi connectivity index (χ1n) is 5.00. The Bertz CT molecular complexity index is 206. The van der Waals surface area contributed by atoms with Gasteiger partial charge in [-0.2, -0.15) is 0 Å². The normalized spacial score (nSPS) is 10.2. The highest BCUT2D eigenvalue weighted by atomic mass is 16.2. The van der Waals surface area contributed by atoms with E-state index in [1.807, 2.05) is 12.1 Å². The Labute approximate surface area is 80.4 Å². The number of rotatable bonds is 6. The summed E-state index contributed by atoms with van der Waals surface area (Å²) in [6, 6.07) is 11.3. The van der Waals surface area contributed by atoms with Crippen LogP contribution in [0, 0.1) is 6.07 Å². The van der Waals surface area contributed by atoms with Crippen molar-refractivity contribution < 1.29 is 5.11 Å². The van der Waals surface area contributed by atoms with Crippen molar-refractivity contribution in [3.63, 3.8) is 0 Å². The van der Waals surface area contributed by atoms with Crippen molar-refractivity contribution >= 4 is 0 Å². The van der Waals surface area contributed by atoms with Gasteiger partial charge in [0.2, 0.25) is 0 Å². The molecule has 0 aliphatic rings. The predicted molar refractivity (Wildman–Crippen MR) is 54.5 cm³/mol. The van der Waals surface area contributed by atoms with E-state index in [1.54, 1.807) is 0 Å². The largest absolute Gasteiger partial charge is 0.396 e. The van der Waals surface area contributed by atoms with Gasteiger partial charge in [-0.15, -0.1) is 0 Å². The lowest BCUT2D eigenvalue weighted by atomic mass is 10.1. The molecule has 0 saturated carbocycles. The molecule has 0 saturated heterocycles. The van der Waals surface area contributed by atoms with Crippen molar-refractivity contribution in [1.29, 1.82) is 0 Å². The van der Waals surface area contributed by atoms with E-state index in [1.165, 1.54) is 18.4 Å². The molecule has 0 atom stereocenters. The van der Waals surface area contributed by atoms with Gasteiger partial charge in [0, 0.05) is 6.61 Å². The van der Waals surface area contributed by atoms with E-state index in [0.29, 0.717) is 6.61 Å². The SMILES string of the molecule is OCCCCCCc1[c]cccc1. The van der Waals surface area contributed by atoms with Gasteiger partial charge in [0.25, 0.3) is 0 Å². The topological polar surface area (TPSA) is 20.2 Å². The zero-order valence-corrected chi connectivity index (χ0v) is 8.00. The second-order valence-electron chi connectivity index (χ2n) is 3.28. The molecule has 1 nitrogen and oxygen atoms in total. The highest BCUT2D eigenvalue weighted by molar-refractivity contribution is 5.12. The van der Waals surface area contributed by atoms with E-state index < -0.39 is 0 Å². The fourth-order valence-corrected chi connectivity index (χ4v) is 1.37. The van der Waals surface area contributed by atoms with Crippen LogP contribution in [0.2, 0.25) is 0 Å².